The van der Waals surface area contributed by atoms with Crippen LogP contribution in [0.2, 0.25) is 0 Å². The standard InChI is InChI=1S/C20H30N4O2/c1-23-11-9-17-16(13-23)19(25)22-18(21-17)15-8-5-10-24(12-15)20(26)14-6-3-2-4-7-14/h14-15H,2-13H2,1H3,(H,21,22,25). The predicted molar refractivity (Wildman–Crippen MR) is 100 cm³/mol. The van der Waals surface area contributed by atoms with Crippen LogP contribution in [-0.2, 0) is 17.8 Å². The van der Waals surface area contributed by atoms with Gasteiger partial charge in [-0.15, -0.1) is 0 Å². The molecule has 6 heteroatoms. The molecule has 0 radical (unpaired) electrons. The Morgan fingerprint density at radius 1 is 1.12 bits per heavy atom. The summed E-state index contributed by atoms with van der Waals surface area (Å²) >= 11 is 0. The van der Waals surface area contributed by atoms with Gasteiger partial charge in [-0.3, -0.25) is 9.59 Å². The van der Waals surface area contributed by atoms with Crippen LogP contribution in [0.15, 0.2) is 4.79 Å². The fraction of sp³-hybridized carbons (Fsp3) is 0.750. The van der Waals surface area contributed by atoms with E-state index in [1.807, 2.05) is 11.9 Å². The first kappa shape index (κ1) is 17.7. The molecule has 1 aromatic heterocycles. The highest BCUT2D eigenvalue weighted by molar-refractivity contribution is 5.79. The summed E-state index contributed by atoms with van der Waals surface area (Å²) in [7, 11) is 2.03. The molecule has 1 saturated carbocycles. The molecule has 2 fully saturated rings. The second-order valence-corrected chi connectivity index (χ2v) is 8.32. The molecule has 1 unspecified atom stereocenters. The highest BCUT2D eigenvalue weighted by Gasteiger charge is 2.31. The van der Waals surface area contributed by atoms with Crippen LogP contribution >= 0.6 is 0 Å². The van der Waals surface area contributed by atoms with Gasteiger partial charge in [0.25, 0.3) is 5.56 Å². The van der Waals surface area contributed by atoms with Crippen molar-refractivity contribution in [3.63, 3.8) is 0 Å². The van der Waals surface area contributed by atoms with Gasteiger partial charge in [0.05, 0.1) is 11.3 Å². The minimum atomic E-state index is 0.00674. The smallest absolute Gasteiger partial charge is 0.255 e. The number of piperidine rings is 1. The zero-order valence-corrected chi connectivity index (χ0v) is 15.8. The normalized spacial score (nSPS) is 25.1. The van der Waals surface area contributed by atoms with E-state index in [2.05, 4.69) is 9.88 Å². The van der Waals surface area contributed by atoms with Gasteiger partial charge in [-0.05, 0) is 32.7 Å². The lowest BCUT2D eigenvalue weighted by molar-refractivity contribution is -0.137. The lowest BCUT2D eigenvalue weighted by Gasteiger charge is -2.35. The highest BCUT2D eigenvalue weighted by atomic mass is 16.2. The van der Waals surface area contributed by atoms with Crippen molar-refractivity contribution in [2.24, 2.45) is 5.92 Å². The Bertz CT molecular complexity index is 723. The van der Waals surface area contributed by atoms with Crippen molar-refractivity contribution < 1.29 is 4.79 Å². The monoisotopic (exact) mass is 358 g/mol. The lowest BCUT2D eigenvalue weighted by atomic mass is 9.87. The Morgan fingerprint density at radius 3 is 2.73 bits per heavy atom. The van der Waals surface area contributed by atoms with E-state index in [0.717, 1.165) is 62.3 Å². The van der Waals surface area contributed by atoms with E-state index in [1.54, 1.807) is 0 Å². The number of nitrogens with zero attached hydrogens (tertiary/aromatic N) is 3. The van der Waals surface area contributed by atoms with E-state index in [0.29, 0.717) is 19.0 Å². The quantitative estimate of drug-likeness (QED) is 0.878. The Morgan fingerprint density at radius 2 is 1.92 bits per heavy atom. The molecule has 0 bridgehead atoms. The number of nitrogens with one attached hydrogen (secondary N) is 1. The lowest BCUT2D eigenvalue weighted by Crippen LogP contribution is -2.43. The summed E-state index contributed by atoms with van der Waals surface area (Å²) in [6.07, 6.45) is 8.54. The Hall–Kier alpha value is -1.69. The maximum atomic E-state index is 12.9. The maximum absolute atomic E-state index is 12.9. The second-order valence-electron chi connectivity index (χ2n) is 8.32. The van der Waals surface area contributed by atoms with Gasteiger partial charge < -0.3 is 14.8 Å². The number of aromatic amines is 1. The number of fused-ring (bicyclic) bond motifs is 1. The first-order valence-corrected chi connectivity index (χ1v) is 10.2. The first-order chi connectivity index (χ1) is 12.6. The number of hydrogen-bond donors (Lipinski definition) is 1. The van der Waals surface area contributed by atoms with Gasteiger partial charge in [0.2, 0.25) is 5.91 Å². The Balaban J connectivity index is 1.50. The summed E-state index contributed by atoms with van der Waals surface area (Å²) in [4.78, 5) is 37.5. The van der Waals surface area contributed by atoms with Crippen LogP contribution in [0.4, 0.5) is 0 Å². The van der Waals surface area contributed by atoms with Gasteiger partial charge in [0, 0.05) is 44.4 Å². The molecule has 6 nitrogen and oxygen atoms in total. The third kappa shape index (κ3) is 3.56. The van der Waals surface area contributed by atoms with Gasteiger partial charge in [-0.25, -0.2) is 4.98 Å². The minimum Gasteiger partial charge on any atom is -0.342 e. The molecule has 1 atom stereocenters. The number of carbonyl (C=O) groups is 1. The average Bonchev–Trinajstić information content (AvgIpc) is 2.68. The number of H-pyrrole nitrogens is 1. The van der Waals surface area contributed by atoms with Gasteiger partial charge in [0.15, 0.2) is 0 Å². The van der Waals surface area contributed by atoms with E-state index in [4.69, 9.17) is 4.98 Å². The van der Waals surface area contributed by atoms with Gasteiger partial charge in [-0.1, -0.05) is 19.3 Å². The molecule has 1 N–H and O–H groups in total. The molecule has 1 saturated heterocycles. The summed E-state index contributed by atoms with van der Waals surface area (Å²) in [6, 6.07) is 0. The average molecular weight is 358 g/mol. The van der Waals surface area contributed by atoms with Crippen molar-refractivity contribution in [2.75, 3.05) is 26.7 Å². The molecule has 1 aromatic rings. The van der Waals surface area contributed by atoms with Crippen molar-refractivity contribution >= 4 is 5.91 Å². The van der Waals surface area contributed by atoms with Crippen molar-refractivity contribution in [3.05, 3.63) is 27.4 Å². The van der Waals surface area contributed by atoms with E-state index in [9.17, 15) is 9.59 Å². The van der Waals surface area contributed by atoms with Crippen LogP contribution in [-0.4, -0.2) is 52.4 Å². The van der Waals surface area contributed by atoms with Crippen molar-refractivity contribution in [1.82, 2.24) is 19.8 Å². The number of rotatable bonds is 2. The molecular formula is C20H30N4O2. The second kappa shape index (κ2) is 7.51. The summed E-state index contributed by atoms with van der Waals surface area (Å²) < 4.78 is 0. The molecule has 142 valence electrons. The summed E-state index contributed by atoms with van der Waals surface area (Å²) in [5, 5.41) is 0. The minimum absolute atomic E-state index is 0.00674. The molecule has 1 aliphatic carbocycles. The molecule has 0 spiro atoms. The van der Waals surface area contributed by atoms with Crippen LogP contribution in [0.1, 0.15) is 67.9 Å². The van der Waals surface area contributed by atoms with E-state index < -0.39 is 0 Å². The number of likely N-dealkylation sites (tertiary alicyclic amines) is 1. The summed E-state index contributed by atoms with van der Waals surface area (Å²) in [6.45, 7) is 3.18. The fourth-order valence-corrected chi connectivity index (χ4v) is 4.78. The number of amides is 1. The molecule has 4 rings (SSSR count). The van der Waals surface area contributed by atoms with Crippen LogP contribution in [0, 0.1) is 5.92 Å². The Labute approximate surface area is 155 Å². The van der Waals surface area contributed by atoms with Crippen LogP contribution in [0.3, 0.4) is 0 Å². The first-order valence-electron chi connectivity index (χ1n) is 10.2. The van der Waals surface area contributed by atoms with Gasteiger partial charge in [0.1, 0.15) is 5.82 Å². The largest absolute Gasteiger partial charge is 0.342 e. The molecular weight excluding hydrogens is 328 g/mol. The zero-order chi connectivity index (χ0) is 18.1. The maximum Gasteiger partial charge on any atom is 0.255 e. The number of aromatic nitrogens is 2. The fourth-order valence-electron chi connectivity index (χ4n) is 4.78. The van der Waals surface area contributed by atoms with E-state index in [-0.39, 0.29) is 17.4 Å². The third-order valence-corrected chi connectivity index (χ3v) is 6.35. The number of carbonyl (C=O) groups excluding carboxylic acids is 1. The van der Waals surface area contributed by atoms with Crippen LogP contribution in [0.25, 0.3) is 0 Å². The van der Waals surface area contributed by atoms with E-state index >= 15 is 0 Å². The number of hydrogen-bond acceptors (Lipinski definition) is 4. The topological polar surface area (TPSA) is 69.3 Å². The predicted octanol–water partition coefficient (Wildman–Crippen LogP) is 2.04. The third-order valence-electron chi connectivity index (χ3n) is 6.35. The molecule has 1 amide bonds. The van der Waals surface area contributed by atoms with Crippen molar-refractivity contribution in [3.8, 4) is 0 Å². The zero-order valence-electron chi connectivity index (χ0n) is 15.8. The molecule has 2 aliphatic heterocycles. The Kier molecular flexibility index (Phi) is 5.11. The molecule has 26 heavy (non-hydrogen) atoms. The van der Waals surface area contributed by atoms with Gasteiger partial charge >= 0.3 is 0 Å². The number of likely N-dealkylation sites (N-methyl/N-ethyl adjacent to an activating group) is 1. The van der Waals surface area contributed by atoms with E-state index in [1.165, 1.54) is 19.3 Å². The SMILES string of the molecule is CN1CCc2nc(C3CCCN(C(=O)C4CCCCC4)C3)[nH]c(=O)c2C1. The van der Waals surface area contributed by atoms with Crippen LogP contribution in [0.5, 0.6) is 0 Å². The summed E-state index contributed by atoms with van der Waals surface area (Å²) in [5.74, 6) is 1.50. The van der Waals surface area contributed by atoms with Crippen molar-refractivity contribution in [1.29, 1.82) is 0 Å². The van der Waals surface area contributed by atoms with Crippen LogP contribution < -0.4 is 5.56 Å². The van der Waals surface area contributed by atoms with Crippen molar-refractivity contribution in [2.45, 2.75) is 63.8 Å². The molecule has 3 aliphatic rings. The molecule has 3 heterocycles. The summed E-state index contributed by atoms with van der Waals surface area (Å²) in [5.41, 5.74) is 1.78. The molecule has 0 aromatic carbocycles. The highest BCUT2D eigenvalue weighted by Crippen LogP contribution is 2.30. The van der Waals surface area contributed by atoms with Gasteiger partial charge in [-0.2, -0.15) is 0 Å².